The van der Waals surface area contributed by atoms with Gasteiger partial charge in [-0.05, 0) is 62.1 Å². The van der Waals surface area contributed by atoms with Crippen LogP contribution in [0.2, 0.25) is 0 Å². The SMILES string of the molecule is COc1ccc(Cc2c(C)nc(C)nc2N2CCN(C(=O)Nc3ccc(SC)cc3)CC2)cc1. The number of carbonyl (C=O) groups is 1. The van der Waals surface area contributed by atoms with E-state index < -0.39 is 0 Å². The van der Waals surface area contributed by atoms with E-state index in [1.165, 1.54) is 10.5 Å². The van der Waals surface area contributed by atoms with Crippen molar-refractivity contribution in [1.29, 1.82) is 0 Å². The number of rotatable bonds is 6. The normalized spacial score (nSPS) is 13.6. The molecule has 0 radical (unpaired) electrons. The van der Waals surface area contributed by atoms with Crippen molar-refractivity contribution in [3.8, 4) is 5.75 Å². The topological polar surface area (TPSA) is 70.6 Å². The van der Waals surface area contributed by atoms with E-state index in [9.17, 15) is 4.79 Å². The van der Waals surface area contributed by atoms with Gasteiger partial charge in [-0.15, -0.1) is 11.8 Å². The van der Waals surface area contributed by atoms with Gasteiger partial charge in [0.25, 0.3) is 0 Å². The molecule has 8 heteroatoms. The van der Waals surface area contributed by atoms with Crippen molar-refractivity contribution in [1.82, 2.24) is 14.9 Å². The highest BCUT2D eigenvalue weighted by Gasteiger charge is 2.25. The lowest BCUT2D eigenvalue weighted by Crippen LogP contribution is -2.50. The van der Waals surface area contributed by atoms with E-state index in [4.69, 9.17) is 9.72 Å². The van der Waals surface area contributed by atoms with Gasteiger partial charge in [-0.25, -0.2) is 14.8 Å². The number of piperazine rings is 1. The molecule has 3 aromatic rings. The molecule has 0 atom stereocenters. The zero-order valence-electron chi connectivity index (χ0n) is 20.2. The van der Waals surface area contributed by atoms with Gasteiger partial charge in [0.2, 0.25) is 0 Å². The van der Waals surface area contributed by atoms with Gasteiger partial charge in [-0.3, -0.25) is 0 Å². The first-order valence-electron chi connectivity index (χ1n) is 11.4. The minimum Gasteiger partial charge on any atom is -0.497 e. The molecule has 1 N–H and O–H groups in total. The van der Waals surface area contributed by atoms with Gasteiger partial charge >= 0.3 is 6.03 Å². The summed E-state index contributed by atoms with van der Waals surface area (Å²) in [5.41, 5.74) is 4.12. The van der Waals surface area contributed by atoms with E-state index in [1.807, 2.05) is 61.4 Å². The van der Waals surface area contributed by atoms with Crippen LogP contribution >= 0.6 is 11.8 Å². The van der Waals surface area contributed by atoms with E-state index in [0.717, 1.165) is 53.8 Å². The fourth-order valence-corrected chi connectivity index (χ4v) is 4.54. The molecule has 178 valence electrons. The Balaban J connectivity index is 1.44. The highest BCUT2D eigenvalue weighted by atomic mass is 32.2. The van der Waals surface area contributed by atoms with Crippen molar-refractivity contribution in [2.24, 2.45) is 0 Å². The van der Waals surface area contributed by atoms with Crippen molar-refractivity contribution in [2.45, 2.75) is 25.2 Å². The molecule has 1 aromatic heterocycles. The van der Waals surface area contributed by atoms with Crippen LogP contribution < -0.4 is 15.0 Å². The third kappa shape index (κ3) is 5.62. The molecule has 1 fully saturated rings. The summed E-state index contributed by atoms with van der Waals surface area (Å²) in [6.45, 7) is 6.70. The number of thioether (sulfide) groups is 1. The first-order valence-corrected chi connectivity index (χ1v) is 12.6. The summed E-state index contributed by atoms with van der Waals surface area (Å²) in [7, 11) is 1.67. The van der Waals surface area contributed by atoms with Crippen molar-refractivity contribution >= 4 is 29.3 Å². The van der Waals surface area contributed by atoms with Crippen molar-refractivity contribution in [3.63, 3.8) is 0 Å². The Labute approximate surface area is 205 Å². The van der Waals surface area contributed by atoms with Crippen molar-refractivity contribution in [2.75, 3.05) is 49.8 Å². The van der Waals surface area contributed by atoms with E-state index in [1.54, 1.807) is 18.9 Å². The molecule has 2 heterocycles. The second kappa shape index (κ2) is 10.8. The number of methoxy groups -OCH3 is 1. The zero-order valence-corrected chi connectivity index (χ0v) is 21.0. The maximum atomic E-state index is 12.8. The van der Waals surface area contributed by atoms with E-state index in [-0.39, 0.29) is 6.03 Å². The number of nitrogens with one attached hydrogen (secondary N) is 1. The molecule has 34 heavy (non-hydrogen) atoms. The average molecular weight is 478 g/mol. The largest absolute Gasteiger partial charge is 0.497 e. The number of hydrogen-bond acceptors (Lipinski definition) is 6. The fourth-order valence-electron chi connectivity index (χ4n) is 4.13. The van der Waals surface area contributed by atoms with E-state index in [2.05, 4.69) is 27.3 Å². The Hall–Kier alpha value is -3.26. The van der Waals surface area contributed by atoms with Gasteiger partial charge in [0.15, 0.2) is 0 Å². The Kier molecular flexibility index (Phi) is 7.57. The number of hydrogen-bond donors (Lipinski definition) is 1. The third-order valence-electron chi connectivity index (χ3n) is 6.05. The van der Waals surface area contributed by atoms with Crippen molar-refractivity contribution in [3.05, 3.63) is 71.2 Å². The Morgan fingerprint density at radius 3 is 2.29 bits per heavy atom. The lowest BCUT2D eigenvalue weighted by molar-refractivity contribution is 0.208. The molecule has 1 saturated heterocycles. The first kappa shape index (κ1) is 23.9. The van der Waals surface area contributed by atoms with Gasteiger partial charge in [0, 0.05) is 54.4 Å². The summed E-state index contributed by atoms with van der Waals surface area (Å²) in [6, 6.07) is 16.0. The molecule has 0 spiro atoms. The number of nitrogens with zero attached hydrogens (tertiary/aromatic N) is 4. The second-order valence-corrected chi connectivity index (χ2v) is 9.20. The Bertz CT molecular complexity index is 1130. The summed E-state index contributed by atoms with van der Waals surface area (Å²) in [4.78, 5) is 27.5. The van der Waals surface area contributed by atoms with Crippen LogP contribution in [0.25, 0.3) is 0 Å². The van der Waals surface area contributed by atoms with Crippen LogP contribution in [0.1, 0.15) is 22.6 Å². The zero-order chi connectivity index (χ0) is 24.1. The standard InChI is InChI=1S/C26H31N5O2S/c1-18-24(17-20-5-9-22(33-3)10-6-20)25(28-19(2)27-18)30-13-15-31(16-14-30)26(32)29-21-7-11-23(34-4)12-8-21/h5-12H,13-17H2,1-4H3,(H,29,32). The van der Waals surface area contributed by atoms with E-state index in [0.29, 0.717) is 13.1 Å². The second-order valence-electron chi connectivity index (χ2n) is 8.32. The predicted octanol–water partition coefficient (Wildman–Crippen LogP) is 4.77. The van der Waals surface area contributed by atoms with Gasteiger partial charge in [0.1, 0.15) is 17.4 Å². The number of urea groups is 1. The van der Waals surface area contributed by atoms with Gasteiger partial charge in [0.05, 0.1) is 7.11 Å². The maximum absolute atomic E-state index is 12.8. The van der Waals surface area contributed by atoms with Crippen molar-refractivity contribution < 1.29 is 9.53 Å². The average Bonchev–Trinajstić information content (AvgIpc) is 2.86. The molecular weight excluding hydrogens is 446 g/mol. The number of aromatic nitrogens is 2. The highest BCUT2D eigenvalue weighted by Crippen LogP contribution is 2.26. The molecule has 2 amide bonds. The molecule has 1 aliphatic heterocycles. The monoisotopic (exact) mass is 477 g/mol. The summed E-state index contributed by atoms with van der Waals surface area (Å²) in [5.74, 6) is 2.57. The minimum atomic E-state index is -0.0648. The van der Waals surface area contributed by atoms with Gasteiger partial charge in [-0.1, -0.05) is 12.1 Å². The van der Waals surface area contributed by atoms with Crippen LogP contribution in [-0.4, -0.2) is 60.4 Å². The Morgan fingerprint density at radius 2 is 1.68 bits per heavy atom. The van der Waals surface area contributed by atoms with Crippen LogP contribution in [-0.2, 0) is 6.42 Å². The summed E-state index contributed by atoms with van der Waals surface area (Å²) >= 11 is 1.68. The molecule has 4 rings (SSSR count). The minimum absolute atomic E-state index is 0.0648. The van der Waals surface area contributed by atoms with Crippen LogP contribution in [0.5, 0.6) is 5.75 Å². The van der Waals surface area contributed by atoms with Gasteiger partial charge in [-0.2, -0.15) is 0 Å². The molecular formula is C26H31N5O2S. The Morgan fingerprint density at radius 1 is 1.00 bits per heavy atom. The van der Waals surface area contributed by atoms with Gasteiger partial charge < -0.3 is 19.9 Å². The van der Waals surface area contributed by atoms with Crippen LogP contribution in [0.3, 0.4) is 0 Å². The van der Waals surface area contributed by atoms with Crippen LogP contribution in [0.15, 0.2) is 53.4 Å². The third-order valence-corrected chi connectivity index (χ3v) is 6.80. The molecule has 0 unspecified atom stereocenters. The molecule has 7 nitrogen and oxygen atoms in total. The summed E-state index contributed by atoms with van der Waals surface area (Å²) in [6.07, 6.45) is 2.79. The molecule has 1 aliphatic rings. The number of anilines is 2. The lowest BCUT2D eigenvalue weighted by atomic mass is 10.0. The fraction of sp³-hybridized carbons (Fsp3) is 0.346. The molecule has 2 aromatic carbocycles. The number of benzene rings is 2. The lowest BCUT2D eigenvalue weighted by Gasteiger charge is -2.36. The number of carbonyl (C=O) groups excluding carboxylic acids is 1. The molecule has 0 aliphatic carbocycles. The quantitative estimate of drug-likeness (QED) is 0.516. The molecule has 0 bridgehead atoms. The smallest absolute Gasteiger partial charge is 0.321 e. The summed E-state index contributed by atoms with van der Waals surface area (Å²) in [5, 5.41) is 3.01. The number of amides is 2. The number of ether oxygens (including phenoxy) is 1. The maximum Gasteiger partial charge on any atom is 0.321 e. The highest BCUT2D eigenvalue weighted by molar-refractivity contribution is 7.98. The van der Waals surface area contributed by atoms with Crippen LogP contribution in [0.4, 0.5) is 16.3 Å². The summed E-state index contributed by atoms with van der Waals surface area (Å²) < 4.78 is 5.28. The number of aryl methyl sites for hydroxylation is 2. The first-order chi connectivity index (χ1) is 16.5. The van der Waals surface area contributed by atoms with Crippen LogP contribution in [0, 0.1) is 13.8 Å². The molecule has 0 saturated carbocycles. The van der Waals surface area contributed by atoms with E-state index >= 15 is 0 Å². The predicted molar refractivity (Wildman–Crippen MR) is 138 cm³/mol.